The van der Waals surface area contributed by atoms with Gasteiger partial charge in [-0.1, -0.05) is 6.42 Å². The molecule has 0 aromatic carbocycles. The van der Waals surface area contributed by atoms with Gasteiger partial charge < -0.3 is 5.32 Å². The Balaban J connectivity index is 1.91. The lowest BCUT2D eigenvalue weighted by molar-refractivity contribution is 0.0942. The molecule has 1 aromatic rings. The summed E-state index contributed by atoms with van der Waals surface area (Å²) >= 11 is 9.48. The maximum Gasteiger partial charge on any atom is 0.271 e. The number of aromatic nitrogens is 1. The van der Waals surface area contributed by atoms with E-state index in [-0.39, 0.29) is 11.3 Å². The number of nitrogens with one attached hydrogen (secondary N) is 1. The minimum absolute atomic E-state index is 0.145. The molecule has 2 unspecified atom stereocenters. The minimum Gasteiger partial charge on any atom is -0.350 e. The van der Waals surface area contributed by atoms with Crippen LogP contribution in [0.15, 0.2) is 22.8 Å². The number of alkyl halides is 1. The number of rotatable bonds is 3. The van der Waals surface area contributed by atoms with Gasteiger partial charge in [0.05, 0.1) is 0 Å². The van der Waals surface area contributed by atoms with Crippen LogP contribution in [0.5, 0.6) is 0 Å². The fourth-order valence-corrected chi connectivity index (χ4v) is 2.89. The van der Waals surface area contributed by atoms with Gasteiger partial charge in [0.2, 0.25) is 0 Å². The summed E-state index contributed by atoms with van der Waals surface area (Å²) in [5.74, 6) is 0.247. The van der Waals surface area contributed by atoms with Gasteiger partial charge in [-0.2, -0.15) is 0 Å². The predicted octanol–water partition coefficient (Wildman–Crippen LogP) is 2.98. The van der Waals surface area contributed by atoms with E-state index in [0.717, 1.165) is 19.3 Å². The fourth-order valence-electron chi connectivity index (χ4n) is 2.08. The second kappa shape index (κ2) is 5.83. The molecule has 1 aliphatic carbocycles. The largest absolute Gasteiger partial charge is 0.350 e. The van der Waals surface area contributed by atoms with Crippen LogP contribution in [0.2, 0.25) is 0 Å². The molecule has 1 fully saturated rings. The van der Waals surface area contributed by atoms with Crippen LogP contribution in [0, 0.1) is 5.92 Å². The lowest BCUT2D eigenvalue weighted by Gasteiger charge is -2.14. The summed E-state index contributed by atoms with van der Waals surface area (Å²) in [6.45, 7) is 0.635. The van der Waals surface area contributed by atoms with Gasteiger partial charge in [-0.15, -0.1) is 11.6 Å². The number of nitrogens with zero attached hydrogens (tertiary/aromatic N) is 1. The van der Waals surface area contributed by atoms with Crippen molar-refractivity contribution in [3.8, 4) is 0 Å². The first-order valence-corrected chi connectivity index (χ1v) is 6.94. The standard InChI is InChI=1S/C12H14BrClN2O/c13-9-4-2-6-15-11(9)12(17)16-7-8-3-1-5-10(8)14/h2,4,6,8,10H,1,3,5,7H2,(H,16,17). The molecule has 2 atom stereocenters. The van der Waals surface area contributed by atoms with Crippen LogP contribution in [0.4, 0.5) is 0 Å². The van der Waals surface area contributed by atoms with Gasteiger partial charge in [0.15, 0.2) is 0 Å². The molecule has 1 saturated carbocycles. The van der Waals surface area contributed by atoms with Crippen LogP contribution in [0.1, 0.15) is 29.8 Å². The monoisotopic (exact) mass is 316 g/mol. The molecule has 1 aromatic heterocycles. The van der Waals surface area contributed by atoms with E-state index in [2.05, 4.69) is 26.2 Å². The molecule has 1 N–H and O–H groups in total. The third-order valence-corrected chi connectivity index (χ3v) is 4.28. The Morgan fingerprint density at radius 1 is 1.59 bits per heavy atom. The molecule has 0 saturated heterocycles. The van der Waals surface area contributed by atoms with Gasteiger partial charge in [0.25, 0.3) is 5.91 Å². The SMILES string of the molecule is O=C(NCC1CCCC1Cl)c1ncccc1Br. The normalized spacial score (nSPS) is 23.6. The van der Waals surface area contributed by atoms with Gasteiger partial charge in [-0.05, 0) is 46.8 Å². The molecule has 17 heavy (non-hydrogen) atoms. The topological polar surface area (TPSA) is 42.0 Å². The van der Waals surface area contributed by atoms with E-state index in [1.54, 1.807) is 12.3 Å². The highest BCUT2D eigenvalue weighted by Gasteiger charge is 2.25. The molecular formula is C12H14BrClN2O. The quantitative estimate of drug-likeness (QED) is 0.871. The van der Waals surface area contributed by atoms with E-state index < -0.39 is 0 Å². The highest BCUT2D eigenvalue weighted by molar-refractivity contribution is 9.10. The van der Waals surface area contributed by atoms with Crippen LogP contribution < -0.4 is 5.32 Å². The fraction of sp³-hybridized carbons (Fsp3) is 0.500. The lowest BCUT2D eigenvalue weighted by Crippen LogP contribution is -2.31. The van der Waals surface area contributed by atoms with Gasteiger partial charge in [0, 0.05) is 22.6 Å². The molecule has 0 spiro atoms. The van der Waals surface area contributed by atoms with Crippen LogP contribution in [0.3, 0.4) is 0 Å². The van der Waals surface area contributed by atoms with Gasteiger partial charge in [-0.3, -0.25) is 4.79 Å². The molecule has 1 amide bonds. The first-order chi connectivity index (χ1) is 8.18. The summed E-state index contributed by atoms with van der Waals surface area (Å²) in [7, 11) is 0. The third-order valence-electron chi connectivity index (χ3n) is 3.06. The number of carbonyl (C=O) groups excluding carboxylic acids is 1. The zero-order chi connectivity index (χ0) is 12.3. The van der Waals surface area contributed by atoms with E-state index in [0.29, 0.717) is 22.6 Å². The predicted molar refractivity (Wildman–Crippen MR) is 71.3 cm³/mol. The highest BCUT2D eigenvalue weighted by Crippen LogP contribution is 2.29. The molecule has 2 rings (SSSR count). The zero-order valence-electron chi connectivity index (χ0n) is 9.33. The Labute approximate surface area is 114 Å². The second-order valence-corrected chi connectivity index (χ2v) is 5.67. The summed E-state index contributed by atoms with van der Waals surface area (Å²) in [4.78, 5) is 15.9. The molecular weight excluding hydrogens is 304 g/mol. The summed E-state index contributed by atoms with van der Waals surface area (Å²) in [6, 6.07) is 3.59. The average Bonchev–Trinajstić information content (AvgIpc) is 2.72. The Hall–Kier alpha value is -0.610. The van der Waals surface area contributed by atoms with Crippen molar-refractivity contribution in [2.75, 3.05) is 6.54 Å². The molecule has 0 aliphatic heterocycles. The minimum atomic E-state index is -0.145. The van der Waals surface area contributed by atoms with Crippen molar-refractivity contribution in [1.82, 2.24) is 10.3 Å². The van der Waals surface area contributed by atoms with E-state index >= 15 is 0 Å². The van der Waals surface area contributed by atoms with Crippen molar-refractivity contribution >= 4 is 33.4 Å². The molecule has 0 bridgehead atoms. The molecule has 1 heterocycles. The second-order valence-electron chi connectivity index (χ2n) is 4.25. The van der Waals surface area contributed by atoms with Crippen LogP contribution in [0.25, 0.3) is 0 Å². The van der Waals surface area contributed by atoms with Crippen molar-refractivity contribution in [2.45, 2.75) is 24.6 Å². The summed E-state index contributed by atoms with van der Waals surface area (Å²) in [5.41, 5.74) is 0.427. The number of pyridine rings is 1. The van der Waals surface area contributed by atoms with Gasteiger partial charge >= 0.3 is 0 Å². The number of hydrogen-bond donors (Lipinski definition) is 1. The number of amides is 1. The number of carbonyl (C=O) groups is 1. The molecule has 3 nitrogen and oxygen atoms in total. The van der Waals surface area contributed by atoms with Gasteiger partial charge in [-0.25, -0.2) is 4.98 Å². The molecule has 1 aliphatic rings. The maximum absolute atomic E-state index is 11.9. The average molecular weight is 318 g/mol. The lowest BCUT2D eigenvalue weighted by atomic mass is 10.1. The number of halogens is 2. The molecule has 0 radical (unpaired) electrons. The van der Waals surface area contributed by atoms with E-state index in [4.69, 9.17) is 11.6 Å². The summed E-state index contributed by atoms with van der Waals surface area (Å²) in [6.07, 6.45) is 4.91. The van der Waals surface area contributed by atoms with E-state index in [1.807, 2.05) is 6.07 Å². The zero-order valence-corrected chi connectivity index (χ0v) is 11.7. The summed E-state index contributed by atoms with van der Waals surface area (Å²) < 4.78 is 0.714. The van der Waals surface area contributed by atoms with Crippen molar-refractivity contribution in [3.05, 3.63) is 28.5 Å². The van der Waals surface area contributed by atoms with Crippen LogP contribution in [-0.4, -0.2) is 22.8 Å². The van der Waals surface area contributed by atoms with E-state index in [9.17, 15) is 4.79 Å². The Kier molecular flexibility index (Phi) is 4.40. The molecule has 5 heteroatoms. The van der Waals surface area contributed by atoms with Crippen molar-refractivity contribution in [3.63, 3.8) is 0 Å². The first kappa shape index (κ1) is 12.8. The number of hydrogen-bond acceptors (Lipinski definition) is 2. The van der Waals surface area contributed by atoms with Crippen molar-refractivity contribution in [1.29, 1.82) is 0 Å². The highest BCUT2D eigenvalue weighted by atomic mass is 79.9. The van der Waals surface area contributed by atoms with Gasteiger partial charge in [0.1, 0.15) is 5.69 Å². The van der Waals surface area contributed by atoms with Crippen molar-refractivity contribution < 1.29 is 4.79 Å². The van der Waals surface area contributed by atoms with Crippen molar-refractivity contribution in [2.24, 2.45) is 5.92 Å². The summed E-state index contributed by atoms with van der Waals surface area (Å²) in [5, 5.41) is 3.09. The Morgan fingerprint density at radius 3 is 3.06 bits per heavy atom. The van der Waals surface area contributed by atoms with Crippen LogP contribution >= 0.6 is 27.5 Å². The van der Waals surface area contributed by atoms with Crippen LogP contribution in [-0.2, 0) is 0 Å². The first-order valence-electron chi connectivity index (χ1n) is 5.71. The smallest absolute Gasteiger partial charge is 0.271 e. The van der Waals surface area contributed by atoms with E-state index in [1.165, 1.54) is 0 Å². The maximum atomic E-state index is 11.9. The Morgan fingerprint density at radius 2 is 2.41 bits per heavy atom. The molecule has 92 valence electrons. The Bertz CT molecular complexity index is 413. The third kappa shape index (κ3) is 3.19.